The van der Waals surface area contributed by atoms with E-state index in [0.29, 0.717) is 11.3 Å². The van der Waals surface area contributed by atoms with E-state index in [2.05, 4.69) is 5.32 Å². The first kappa shape index (κ1) is 21.0. The molecule has 1 heterocycles. The molecule has 7 heteroatoms. The molecule has 5 aliphatic rings. The smallest absolute Gasteiger partial charge is 0.335 e. The van der Waals surface area contributed by atoms with Crippen LogP contribution in [0.25, 0.3) is 6.08 Å². The van der Waals surface area contributed by atoms with E-state index in [1.807, 2.05) is 12.1 Å². The van der Waals surface area contributed by atoms with Gasteiger partial charge in [0.1, 0.15) is 5.57 Å². The van der Waals surface area contributed by atoms with Gasteiger partial charge in [-0.3, -0.25) is 14.9 Å². The molecule has 0 unspecified atom stereocenters. The lowest BCUT2D eigenvalue weighted by Crippen LogP contribution is -2.54. The van der Waals surface area contributed by atoms with Crippen molar-refractivity contribution in [1.29, 1.82) is 0 Å². The van der Waals surface area contributed by atoms with Gasteiger partial charge in [0.25, 0.3) is 11.8 Å². The third-order valence-corrected chi connectivity index (χ3v) is 8.19. The molecule has 5 fully saturated rings. The van der Waals surface area contributed by atoms with Crippen molar-refractivity contribution in [3.8, 4) is 11.5 Å². The highest BCUT2D eigenvalue weighted by molar-refractivity contribution is 6.39. The molecular weight excluding hydrogens is 432 g/mol. The summed E-state index contributed by atoms with van der Waals surface area (Å²) < 4.78 is 0. The van der Waals surface area contributed by atoms with Gasteiger partial charge in [-0.05, 0) is 103 Å². The monoisotopic (exact) mass is 458 g/mol. The number of hydrogen-bond acceptors (Lipinski definition) is 5. The van der Waals surface area contributed by atoms with Crippen LogP contribution in [0.15, 0.2) is 48.0 Å². The number of rotatable bonds is 3. The SMILES string of the molecule is O=C1NC(=O)N(c2ccc(C34CC5CC(CC(C5)C3)C4)cc2)C(=O)/C1=C\c1ccc(O)c(O)c1. The molecule has 1 aliphatic heterocycles. The van der Waals surface area contributed by atoms with E-state index < -0.39 is 17.8 Å². The van der Waals surface area contributed by atoms with Gasteiger partial charge in [-0.2, -0.15) is 0 Å². The number of anilines is 1. The van der Waals surface area contributed by atoms with Crippen molar-refractivity contribution < 1.29 is 24.6 Å². The minimum Gasteiger partial charge on any atom is -0.504 e. The largest absolute Gasteiger partial charge is 0.504 e. The van der Waals surface area contributed by atoms with E-state index in [0.717, 1.165) is 22.7 Å². The summed E-state index contributed by atoms with van der Waals surface area (Å²) in [6, 6.07) is 10.9. The number of aromatic hydroxyl groups is 2. The Balaban J connectivity index is 1.29. The van der Waals surface area contributed by atoms with Crippen molar-refractivity contribution in [2.24, 2.45) is 17.8 Å². The topological polar surface area (TPSA) is 107 Å². The second-order valence-electron chi connectivity index (χ2n) is 10.5. The van der Waals surface area contributed by atoms with Crippen LogP contribution in [0.5, 0.6) is 11.5 Å². The minimum atomic E-state index is -0.802. The van der Waals surface area contributed by atoms with E-state index in [-0.39, 0.29) is 22.5 Å². The summed E-state index contributed by atoms with van der Waals surface area (Å²) in [5.74, 6) is 0.242. The molecule has 0 radical (unpaired) electrons. The molecule has 3 N–H and O–H groups in total. The highest BCUT2D eigenvalue weighted by Crippen LogP contribution is 2.60. The van der Waals surface area contributed by atoms with Gasteiger partial charge < -0.3 is 10.2 Å². The third-order valence-electron chi connectivity index (χ3n) is 8.19. The Morgan fingerprint density at radius 3 is 2.06 bits per heavy atom. The minimum absolute atomic E-state index is 0.212. The van der Waals surface area contributed by atoms with Crippen LogP contribution in [0.4, 0.5) is 10.5 Å². The molecule has 0 spiro atoms. The Morgan fingerprint density at radius 2 is 1.47 bits per heavy atom. The second kappa shape index (κ2) is 7.45. The maximum Gasteiger partial charge on any atom is 0.335 e. The van der Waals surface area contributed by atoms with Crippen molar-refractivity contribution in [2.75, 3.05) is 4.90 Å². The highest BCUT2D eigenvalue weighted by Gasteiger charge is 2.51. The molecule has 0 atom stereocenters. The Hall–Kier alpha value is -3.61. The number of benzene rings is 2. The summed E-state index contributed by atoms with van der Waals surface area (Å²) in [6.07, 6.45) is 9.05. The number of phenols is 2. The lowest BCUT2D eigenvalue weighted by Gasteiger charge is -2.57. The van der Waals surface area contributed by atoms with Crippen molar-refractivity contribution in [1.82, 2.24) is 5.32 Å². The van der Waals surface area contributed by atoms with E-state index >= 15 is 0 Å². The lowest BCUT2D eigenvalue weighted by molar-refractivity contribution is -0.122. The zero-order chi connectivity index (χ0) is 23.6. The van der Waals surface area contributed by atoms with Gasteiger partial charge in [-0.1, -0.05) is 18.2 Å². The molecule has 4 saturated carbocycles. The first-order valence-electron chi connectivity index (χ1n) is 11.9. The molecule has 2 aromatic rings. The van der Waals surface area contributed by atoms with E-state index in [4.69, 9.17) is 0 Å². The van der Waals surface area contributed by atoms with E-state index in [1.54, 1.807) is 12.1 Å². The molecule has 4 bridgehead atoms. The second-order valence-corrected chi connectivity index (χ2v) is 10.5. The molecule has 4 aliphatic carbocycles. The predicted molar refractivity (Wildman–Crippen MR) is 125 cm³/mol. The molecule has 34 heavy (non-hydrogen) atoms. The van der Waals surface area contributed by atoms with Crippen LogP contribution in [0.1, 0.15) is 49.7 Å². The number of barbiturate groups is 1. The molecule has 4 amide bonds. The first-order valence-corrected chi connectivity index (χ1v) is 11.9. The maximum absolute atomic E-state index is 13.2. The first-order chi connectivity index (χ1) is 16.3. The maximum atomic E-state index is 13.2. The average Bonchev–Trinajstić information content (AvgIpc) is 2.78. The Kier molecular flexibility index (Phi) is 4.59. The zero-order valence-electron chi connectivity index (χ0n) is 18.7. The van der Waals surface area contributed by atoms with Gasteiger partial charge in [0.15, 0.2) is 11.5 Å². The van der Waals surface area contributed by atoms with Crippen molar-refractivity contribution in [3.63, 3.8) is 0 Å². The fraction of sp³-hybridized carbons (Fsp3) is 0.370. The van der Waals surface area contributed by atoms with E-state index in [1.165, 1.54) is 68.4 Å². The summed E-state index contributed by atoms with van der Waals surface area (Å²) >= 11 is 0. The lowest BCUT2D eigenvalue weighted by atomic mass is 9.48. The molecule has 2 aromatic carbocycles. The van der Waals surface area contributed by atoms with Crippen LogP contribution in [-0.4, -0.2) is 28.1 Å². The summed E-state index contributed by atoms with van der Waals surface area (Å²) in [6.45, 7) is 0. The molecule has 0 aromatic heterocycles. The zero-order valence-corrected chi connectivity index (χ0v) is 18.7. The van der Waals surface area contributed by atoms with Crippen molar-refractivity contribution in [2.45, 2.75) is 43.9 Å². The number of amides is 4. The predicted octanol–water partition coefficient (Wildman–Crippen LogP) is 4.23. The van der Waals surface area contributed by atoms with Crippen LogP contribution < -0.4 is 10.2 Å². The number of carbonyl (C=O) groups excluding carboxylic acids is 3. The Morgan fingerprint density at radius 1 is 0.853 bits per heavy atom. The molecule has 1 saturated heterocycles. The van der Waals surface area contributed by atoms with Crippen LogP contribution >= 0.6 is 0 Å². The van der Waals surface area contributed by atoms with Gasteiger partial charge >= 0.3 is 6.03 Å². The molecule has 174 valence electrons. The summed E-state index contributed by atoms with van der Waals surface area (Å²) in [5.41, 5.74) is 2.02. The fourth-order valence-electron chi connectivity index (χ4n) is 7.12. The number of carbonyl (C=O) groups is 3. The van der Waals surface area contributed by atoms with Gasteiger partial charge in [-0.15, -0.1) is 0 Å². The third kappa shape index (κ3) is 3.30. The number of urea groups is 1. The van der Waals surface area contributed by atoms with Crippen molar-refractivity contribution >= 4 is 29.6 Å². The standard InChI is InChI=1S/C27H26N2O5/c30-22-6-1-15(11-23(22)31)10-21-24(32)28-26(34)29(25(21)33)20-4-2-19(3-5-20)27-12-16-7-17(13-27)9-18(8-16)14-27/h1-6,10-11,16-18,30-31H,7-9,12-14H2,(H,28,32,34)/b21-10-. The summed E-state index contributed by atoms with van der Waals surface area (Å²) in [5, 5.41) is 21.4. The Labute approximate surface area is 197 Å². The van der Waals surface area contributed by atoms with Crippen LogP contribution in [0.2, 0.25) is 0 Å². The number of hydrogen-bond donors (Lipinski definition) is 3. The number of nitrogens with zero attached hydrogens (tertiary/aromatic N) is 1. The summed E-state index contributed by atoms with van der Waals surface area (Å²) in [4.78, 5) is 39.1. The molecule has 7 rings (SSSR count). The average molecular weight is 459 g/mol. The van der Waals surface area contributed by atoms with Gasteiger partial charge in [0.05, 0.1) is 5.69 Å². The number of imide groups is 2. The van der Waals surface area contributed by atoms with Crippen LogP contribution in [0.3, 0.4) is 0 Å². The van der Waals surface area contributed by atoms with Gasteiger partial charge in [0, 0.05) is 0 Å². The van der Waals surface area contributed by atoms with Crippen LogP contribution in [-0.2, 0) is 15.0 Å². The highest BCUT2D eigenvalue weighted by atomic mass is 16.3. The number of nitrogens with one attached hydrogen (secondary N) is 1. The molecular formula is C27H26N2O5. The Bertz CT molecular complexity index is 1210. The van der Waals surface area contributed by atoms with Crippen molar-refractivity contribution in [3.05, 3.63) is 59.2 Å². The quantitative estimate of drug-likeness (QED) is 0.363. The van der Waals surface area contributed by atoms with Gasteiger partial charge in [0.2, 0.25) is 0 Å². The van der Waals surface area contributed by atoms with Gasteiger partial charge in [-0.25, -0.2) is 9.69 Å². The normalized spacial score (nSPS) is 31.3. The summed E-state index contributed by atoms with van der Waals surface area (Å²) in [7, 11) is 0. The fourth-order valence-corrected chi connectivity index (χ4v) is 7.12. The van der Waals surface area contributed by atoms with E-state index in [9.17, 15) is 24.6 Å². The molecule has 7 nitrogen and oxygen atoms in total. The van der Waals surface area contributed by atoms with Crippen LogP contribution in [0, 0.1) is 17.8 Å². The number of phenolic OH excluding ortho intramolecular Hbond substituents is 2.